The van der Waals surface area contributed by atoms with Gasteiger partial charge in [-0.15, -0.1) is 0 Å². The first-order valence-corrected chi connectivity index (χ1v) is 6.68. The predicted octanol–water partition coefficient (Wildman–Crippen LogP) is 4.21. The maximum absolute atomic E-state index is 11.1. The van der Waals surface area contributed by atoms with Crippen LogP contribution in [-0.4, -0.2) is 11.5 Å². The molecule has 5 heteroatoms. The molecule has 0 saturated heterocycles. The average molecular weight is 291 g/mol. The first-order chi connectivity index (χ1) is 9.58. The molecule has 0 saturated carbocycles. The van der Waals surface area contributed by atoms with Crippen LogP contribution >= 0.6 is 11.6 Å². The highest BCUT2D eigenvalue weighted by Crippen LogP contribution is 2.27. The minimum atomic E-state index is -0.347. The third-order valence-corrected chi connectivity index (χ3v) is 3.31. The molecule has 20 heavy (non-hydrogen) atoms. The standard InChI is InChI=1S/C15H15ClN2O2/c1-11-3-2-4-14(15(11)18(19)20)17-10-9-12-5-7-13(16)8-6-12/h2-8,17H,9-10H2,1H3. The van der Waals surface area contributed by atoms with Crippen molar-refractivity contribution in [2.45, 2.75) is 13.3 Å². The van der Waals surface area contributed by atoms with Gasteiger partial charge in [-0.1, -0.05) is 35.9 Å². The average Bonchev–Trinajstić information content (AvgIpc) is 2.40. The fourth-order valence-corrected chi connectivity index (χ4v) is 2.16. The van der Waals surface area contributed by atoms with Crippen LogP contribution < -0.4 is 5.32 Å². The van der Waals surface area contributed by atoms with E-state index >= 15 is 0 Å². The van der Waals surface area contributed by atoms with Crippen LogP contribution in [0.5, 0.6) is 0 Å². The van der Waals surface area contributed by atoms with E-state index in [2.05, 4.69) is 5.32 Å². The number of para-hydroxylation sites is 1. The molecule has 0 aromatic heterocycles. The number of benzene rings is 2. The maximum atomic E-state index is 11.1. The Morgan fingerprint density at radius 2 is 1.90 bits per heavy atom. The summed E-state index contributed by atoms with van der Waals surface area (Å²) >= 11 is 5.82. The van der Waals surface area contributed by atoms with Crippen molar-refractivity contribution < 1.29 is 4.92 Å². The fraction of sp³-hybridized carbons (Fsp3) is 0.200. The van der Waals surface area contributed by atoms with Crippen LogP contribution in [0.15, 0.2) is 42.5 Å². The van der Waals surface area contributed by atoms with E-state index in [1.165, 1.54) is 0 Å². The molecule has 0 heterocycles. The normalized spacial score (nSPS) is 10.3. The largest absolute Gasteiger partial charge is 0.379 e. The van der Waals surface area contributed by atoms with E-state index in [4.69, 9.17) is 11.6 Å². The van der Waals surface area contributed by atoms with Crippen molar-refractivity contribution in [3.63, 3.8) is 0 Å². The Bertz CT molecular complexity index is 612. The zero-order chi connectivity index (χ0) is 14.5. The number of hydrogen-bond acceptors (Lipinski definition) is 3. The summed E-state index contributed by atoms with van der Waals surface area (Å²) < 4.78 is 0. The summed E-state index contributed by atoms with van der Waals surface area (Å²) in [5, 5.41) is 14.9. The first kappa shape index (κ1) is 14.3. The lowest BCUT2D eigenvalue weighted by Gasteiger charge is -2.08. The Kier molecular flexibility index (Phi) is 4.58. The van der Waals surface area contributed by atoms with Crippen molar-refractivity contribution >= 4 is 23.0 Å². The van der Waals surface area contributed by atoms with Crippen molar-refractivity contribution in [2.75, 3.05) is 11.9 Å². The van der Waals surface area contributed by atoms with Crippen LogP contribution in [0.4, 0.5) is 11.4 Å². The Hall–Kier alpha value is -2.07. The molecule has 0 bridgehead atoms. The summed E-state index contributed by atoms with van der Waals surface area (Å²) in [6, 6.07) is 12.9. The van der Waals surface area contributed by atoms with E-state index in [0.717, 1.165) is 12.0 Å². The van der Waals surface area contributed by atoms with Gasteiger partial charge in [-0.2, -0.15) is 0 Å². The monoisotopic (exact) mass is 290 g/mol. The molecule has 0 aliphatic heterocycles. The number of nitro benzene ring substituents is 1. The quantitative estimate of drug-likeness (QED) is 0.663. The highest BCUT2D eigenvalue weighted by Gasteiger charge is 2.15. The number of nitro groups is 1. The molecule has 0 atom stereocenters. The number of anilines is 1. The summed E-state index contributed by atoms with van der Waals surface area (Å²) in [5.41, 5.74) is 2.50. The molecule has 1 N–H and O–H groups in total. The highest BCUT2D eigenvalue weighted by molar-refractivity contribution is 6.30. The number of nitrogens with zero attached hydrogens (tertiary/aromatic N) is 1. The number of rotatable bonds is 5. The van der Waals surface area contributed by atoms with E-state index in [0.29, 0.717) is 22.8 Å². The van der Waals surface area contributed by atoms with Crippen molar-refractivity contribution in [3.8, 4) is 0 Å². The molecular weight excluding hydrogens is 276 g/mol. The minimum Gasteiger partial charge on any atom is -0.379 e. The van der Waals surface area contributed by atoms with Gasteiger partial charge in [0, 0.05) is 17.1 Å². The van der Waals surface area contributed by atoms with Crippen molar-refractivity contribution in [1.82, 2.24) is 0 Å². The molecule has 0 spiro atoms. The smallest absolute Gasteiger partial charge is 0.295 e. The second-order valence-electron chi connectivity index (χ2n) is 4.53. The van der Waals surface area contributed by atoms with E-state index in [1.54, 1.807) is 19.1 Å². The summed E-state index contributed by atoms with van der Waals surface area (Å²) in [6.45, 7) is 2.37. The lowest BCUT2D eigenvalue weighted by molar-refractivity contribution is -0.384. The summed E-state index contributed by atoms with van der Waals surface area (Å²) in [7, 11) is 0. The van der Waals surface area contributed by atoms with Crippen LogP contribution in [0.25, 0.3) is 0 Å². The number of hydrogen-bond donors (Lipinski definition) is 1. The maximum Gasteiger partial charge on any atom is 0.295 e. The van der Waals surface area contributed by atoms with Gasteiger partial charge in [0.1, 0.15) is 5.69 Å². The lowest BCUT2D eigenvalue weighted by Crippen LogP contribution is -2.07. The van der Waals surface area contributed by atoms with Crippen LogP contribution in [0.3, 0.4) is 0 Å². The summed E-state index contributed by atoms with van der Waals surface area (Å²) in [4.78, 5) is 10.7. The predicted molar refractivity (Wildman–Crippen MR) is 81.5 cm³/mol. The Labute approximate surface area is 122 Å². The second kappa shape index (κ2) is 6.39. The van der Waals surface area contributed by atoms with Crippen LogP contribution in [0.1, 0.15) is 11.1 Å². The van der Waals surface area contributed by atoms with Gasteiger partial charge in [-0.05, 0) is 37.1 Å². The molecule has 0 aliphatic rings. The molecule has 2 aromatic rings. The topological polar surface area (TPSA) is 55.2 Å². The third kappa shape index (κ3) is 3.48. The Morgan fingerprint density at radius 1 is 1.20 bits per heavy atom. The van der Waals surface area contributed by atoms with Crippen LogP contribution in [0.2, 0.25) is 5.02 Å². The molecule has 0 amide bonds. The van der Waals surface area contributed by atoms with E-state index in [-0.39, 0.29) is 10.6 Å². The van der Waals surface area contributed by atoms with Crippen molar-refractivity contribution in [1.29, 1.82) is 0 Å². The van der Waals surface area contributed by atoms with Gasteiger partial charge in [-0.25, -0.2) is 0 Å². The summed E-state index contributed by atoms with van der Waals surface area (Å²) in [6.07, 6.45) is 0.780. The van der Waals surface area contributed by atoms with Crippen LogP contribution in [0, 0.1) is 17.0 Å². The minimum absolute atomic E-state index is 0.142. The highest BCUT2D eigenvalue weighted by atomic mass is 35.5. The SMILES string of the molecule is Cc1cccc(NCCc2ccc(Cl)cc2)c1[N+](=O)[O-]. The zero-order valence-corrected chi connectivity index (χ0v) is 11.9. The molecule has 0 fully saturated rings. The van der Waals surface area contributed by atoms with Gasteiger partial charge in [0.05, 0.1) is 4.92 Å². The van der Waals surface area contributed by atoms with Crippen molar-refractivity contribution in [2.24, 2.45) is 0 Å². The van der Waals surface area contributed by atoms with E-state index in [9.17, 15) is 10.1 Å². The number of halogens is 1. The van der Waals surface area contributed by atoms with E-state index in [1.807, 2.05) is 30.3 Å². The molecule has 0 unspecified atom stereocenters. The molecule has 4 nitrogen and oxygen atoms in total. The molecule has 2 aromatic carbocycles. The molecule has 0 aliphatic carbocycles. The molecule has 2 rings (SSSR count). The van der Waals surface area contributed by atoms with Gasteiger partial charge in [0.2, 0.25) is 0 Å². The second-order valence-corrected chi connectivity index (χ2v) is 4.97. The fourth-order valence-electron chi connectivity index (χ4n) is 2.04. The molecule has 104 valence electrons. The number of aryl methyl sites for hydroxylation is 1. The van der Waals surface area contributed by atoms with E-state index < -0.39 is 0 Å². The summed E-state index contributed by atoms with van der Waals surface area (Å²) in [5.74, 6) is 0. The number of nitrogens with one attached hydrogen (secondary N) is 1. The van der Waals surface area contributed by atoms with Gasteiger partial charge < -0.3 is 5.32 Å². The first-order valence-electron chi connectivity index (χ1n) is 6.30. The van der Waals surface area contributed by atoms with Gasteiger partial charge in [0.25, 0.3) is 5.69 Å². The third-order valence-electron chi connectivity index (χ3n) is 3.06. The van der Waals surface area contributed by atoms with Gasteiger partial charge in [-0.3, -0.25) is 10.1 Å². The lowest BCUT2D eigenvalue weighted by atomic mass is 10.1. The van der Waals surface area contributed by atoms with Gasteiger partial charge in [0.15, 0.2) is 0 Å². The Morgan fingerprint density at radius 3 is 2.55 bits per heavy atom. The van der Waals surface area contributed by atoms with Crippen molar-refractivity contribution in [3.05, 3.63) is 68.7 Å². The van der Waals surface area contributed by atoms with Crippen LogP contribution in [-0.2, 0) is 6.42 Å². The van der Waals surface area contributed by atoms with Gasteiger partial charge >= 0.3 is 0 Å². The molecule has 0 radical (unpaired) electrons. The zero-order valence-electron chi connectivity index (χ0n) is 11.1. The molecular formula is C15H15ClN2O2. The Balaban J connectivity index is 2.02.